The molecule has 1 aliphatic heterocycles. The lowest BCUT2D eigenvalue weighted by atomic mass is 9.99. The maximum atomic E-state index is 11.4. The molecule has 0 saturated carbocycles. The molecular formula is C14H22N4O. The average molecular weight is 262 g/mol. The van der Waals surface area contributed by atoms with Crippen LogP contribution in [0.2, 0.25) is 0 Å². The highest BCUT2D eigenvalue weighted by Gasteiger charge is 2.17. The van der Waals surface area contributed by atoms with E-state index in [0.29, 0.717) is 12.2 Å². The van der Waals surface area contributed by atoms with Crippen molar-refractivity contribution in [2.24, 2.45) is 5.92 Å². The molecule has 104 valence electrons. The monoisotopic (exact) mass is 262 g/mol. The number of piperidine rings is 1. The van der Waals surface area contributed by atoms with Crippen molar-refractivity contribution in [3.63, 3.8) is 0 Å². The molecule has 5 heteroatoms. The Morgan fingerprint density at radius 2 is 2.11 bits per heavy atom. The molecule has 1 fully saturated rings. The van der Waals surface area contributed by atoms with E-state index in [4.69, 9.17) is 0 Å². The number of anilines is 2. The van der Waals surface area contributed by atoms with Crippen LogP contribution in [0.5, 0.6) is 0 Å². The number of rotatable bonds is 4. The van der Waals surface area contributed by atoms with Crippen LogP contribution in [0.3, 0.4) is 0 Å². The van der Waals surface area contributed by atoms with E-state index in [2.05, 4.69) is 27.3 Å². The molecular weight excluding hydrogens is 240 g/mol. The van der Waals surface area contributed by atoms with E-state index in [-0.39, 0.29) is 5.91 Å². The molecule has 1 aromatic rings. The minimum Gasteiger partial charge on any atom is -0.355 e. The van der Waals surface area contributed by atoms with Gasteiger partial charge in [0.1, 0.15) is 0 Å². The van der Waals surface area contributed by atoms with E-state index in [1.54, 1.807) is 0 Å². The van der Waals surface area contributed by atoms with Crippen molar-refractivity contribution in [1.82, 2.24) is 10.2 Å². The first-order chi connectivity index (χ1) is 9.19. The maximum Gasteiger partial charge on any atom is 0.225 e. The van der Waals surface area contributed by atoms with Crippen LogP contribution in [-0.2, 0) is 4.79 Å². The molecule has 19 heavy (non-hydrogen) atoms. The number of hydrogen-bond donors (Lipinski definition) is 1. The minimum absolute atomic E-state index is 0.00338. The Balaban J connectivity index is 1.92. The molecule has 0 aliphatic carbocycles. The number of hydrogen-bond acceptors (Lipinski definition) is 4. The second kappa shape index (κ2) is 6.50. The van der Waals surface area contributed by atoms with Crippen LogP contribution in [-0.4, -0.2) is 29.2 Å². The van der Waals surface area contributed by atoms with Gasteiger partial charge in [0.15, 0.2) is 11.6 Å². The number of carbonyl (C=O) groups excluding carboxylic acids is 1. The molecule has 0 atom stereocenters. The fourth-order valence-electron chi connectivity index (χ4n) is 2.23. The summed E-state index contributed by atoms with van der Waals surface area (Å²) >= 11 is 0. The van der Waals surface area contributed by atoms with E-state index in [1.807, 2.05) is 19.1 Å². The lowest BCUT2D eigenvalue weighted by Crippen LogP contribution is -2.33. The zero-order chi connectivity index (χ0) is 13.7. The minimum atomic E-state index is -0.00338. The summed E-state index contributed by atoms with van der Waals surface area (Å²) in [4.78, 5) is 13.7. The second-order valence-electron chi connectivity index (χ2n) is 5.24. The van der Waals surface area contributed by atoms with Crippen molar-refractivity contribution >= 4 is 17.5 Å². The van der Waals surface area contributed by atoms with Crippen LogP contribution in [0, 0.1) is 5.92 Å². The molecule has 0 spiro atoms. The van der Waals surface area contributed by atoms with Gasteiger partial charge in [-0.05, 0) is 37.3 Å². The smallest absolute Gasteiger partial charge is 0.225 e. The summed E-state index contributed by atoms with van der Waals surface area (Å²) in [6, 6.07) is 3.76. The lowest BCUT2D eigenvalue weighted by molar-refractivity contribution is -0.116. The predicted molar refractivity (Wildman–Crippen MR) is 76.2 cm³/mol. The molecule has 0 aromatic carbocycles. The Morgan fingerprint density at radius 1 is 1.37 bits per heavy atom. The fraction of sp³-hybridized carbons (Fsp3) is 0.643. The maximum absolute atomic E-state index is 11.4. The molecule has 0 radical (unpaired) electrons. The van der Waals surface area contributed by atoms with Crippen molar-refractivity contribution in [2.75, 3.05) is 23.3 Å². The second-order valence-corrected chi connectivity index (χ2v) is 5.24. The molecule has 1 aromatic heterocycles. The highest BCUT2D eigenvalue weighted by Crippen LogP contribution is 2.21. The average Bonchev–Trinajstić information content (AvgIpc) is 2.41. The topological polar surface area (TPSA) is 58.1 Å². The molecule has 1 aliphatic rings. The zero-order valence-electron chi connectivity index (χ0n) is 11.7. The predicted octanol–water partition coefficient (Wildman–Crippen LogP) is 2.45. The first kappa shape index (κ1) is 13.8. The molecule has 1 saturated heterocycles. The number of amides is 1. The number of nitrogens with zero attached hydrogens (tertiary/aromatic N) is 3. The molecule has 1 N–H and O–H groups in total. The third kappa shape index (κ3) is 3.91. The summed E-state index contributed by atoms with van der Waals surface area (Å²) in [7, 11) is 0. The molecule has 5 nitrogen and oxygen atoms in total. The summed E-state index contributed by atoms with van der Waals surface area (Å²) in [6.45, 7) is 6.34. The normalized spacial score (nSPS) is 16.4. The molecule has 2 rings (SSSR count). The van der Waals surface area contributed by atoms with Crippen LogP contribution in [0.1, 0.15) is 39.5 Å². The highest BCUT2D eigenvalue weighted by atomic mass is 16.1. The van der Waals surface area contributed by atoms with Gasteiger partial charge in [-0.15, -0.1) is 10.2 Å². The van der Waals surface area contributed by atoms with Gasteiger partial charge in [-0.1, -0.05) is 13.8 Å². The first-order valence-electron chi connectivity index (χ1n) is 7.07. The largest absolute Gasteiger partial charge is 0.355 e. The zero-order valence-corrected chi connectivity index (χ0v) is 11.7. The SMILES string of the molecule is CCCC(=O)Nc1ccc(N2CCC(C)CC2)nn1. The van der Waals surface area contributed by atoms with Crippen LogP contribution < -0.4 is 10.2 Å². The van der Waals surface area contributed by atoms with Crippen LogP contribution in [0.15, 0.2) is 12.1 Å². The Kier molecular flexibility index (Phi) is 4.71. The Hall–Kier alpha value is -1.65. The molecule has 0 bridgehead atoms. The molecule has 2 heterocycles. The lowest BCUT2D eigenvalue weighted by Gasteiger charge is -2.30. The van der Waals surface area contributed by atoms with Crippen molar-refractivity contribution in [3.05, 3.63) is 12.1 Å². The van der Waals surface area contributed by atoms with Gasteiger partial charge in [0.2, 0.25) is 5.91 Å². The Labute approximate surface area is 114 Å². The number of aromatic nitrogens is 2. The fourth-order valence-corrected chi connectivity index (χ4v) is 2.23. The van der Waals surface area contributed by atoms with Crippen LogP contribution >= 0.6 is 0 Å². The summed E-state index contributed by atoms with van der Waals surface area (Å²) in [5.74, 6) is 2.24. The highest BCUT2D eigenvalue weighted by molar-refractivity contribution is 5.89. The van der Waals surface area contributed by atoms with Gasteiger partial charge in [-0.3, -0.25) is 4.79 Å². The van der Waals surface area contributed by atoms with Gasteiger partial charge in [-0.2, -0.15) is 0 Å². The van der Waals surface area contributed by atoms with Crippen LogP contribution in [0.4, 0.5) is 11.6 Å². The van der Waals surface area contributed by atoms with E-state index in [0.717, 1.165) is 31.2 Å². The molecule has 1 amide bonds. The summed E-state index contributed by atoms with van der Waals surface area (Å²) in [6.07, 6.45) is 3.77. The van der Waals surface area contributed by atoms with Gasteiger partial charge >= 0.3 is 0 Å². The third-order valence-electron chi connectivity index (χ3n) is 3.50. The Morgan fingerprint density at radius 3 is 2.68 bits per heavy atom. The summed E-state index contributed by atoms with van der Waals surface area (Å²) < 4.78 is 0. The van der Waals surface area contributed by atoms with Gasteiger partial charge in [0.25, 0.3) is 0 Å². The first-order valence-corrected chi connectivity index (χ1v) is 7.07. The van der Waals surface area contributed by atoms with Crippen molar-refractivity contribution in [2.45, 2.75) is 39.5 Å². The van der Waals surface area contributed by atoms with Gasteiger partial charge in [0.05, 0.1) is 0 Å². The standard InChI is InChI=1S/C14H22N4O/c1-3-4-14(19)15-12-5-6-13(17-16-12)18-9-7-11(2)8-10-18/h5-6,11H,3-4,7-10H2,1-2H3,(H,15,16,19). The van der Waals surface area contributed by atoms with Crippen molar-refractivity contribution < 1.29 is 4.79 Å². The Bertz CT molecular complexity index is 410. The quantitative estimate of drug-likeness (QED) is 0.905. The van der Waals surface area contributed by atoms with Crippen molar-refractivity contribution in [3.8, 4) is 0 Å². The van der Waals surface area contributed by atoms with E-state index < -0.39 is 0 Å². The number of carbonyl (C=O) groups is 1. The van der Waals surface area contributed by atoms with Crippen molar-refractivity contribution in [1.29, 1.82) is 0 Å². The summed E-state index contributed by atoms with van der Waals surface area (Å²) in [5.41, 5.74) is 0. The van der Waals surface area contributed by atoms with Crippen LogP contribution in [0.25, 0.3) is 0 Å². The summed E-state index contributed by atoms with van der Waals surface area (Å²) in [5, 5.41) is 11.0. The van der Waals surface area contributed by atoms with E-state index >= 15 is 0 Å². The third-order valence-corrected chi connectivity index (χ3v) is 3.50. The molecule has 0 unspecified atom stereocenters. The van der Waals surface area contributed by atoms with E-state index in [1.165, 1.54) is 12.8 Å². The van der Waals surface area contributed by atoms with Gasteiger partial charge < -0.3 is 10.2 Å². The van der Waals surface area contributed by atoms with E-state index in [9.17, 15) is 4.79 Å². The van der Waals surface area contributed by atoms with Gasteiger partial charge in [-0.25, -0.2) is 0 Å². The number of nitrogens with one attached hydrogen (secondary N) is 1. The van der Waals surface area contributed by atoms with Gasteiger partial charge in [0, 0.05) is 19.5 Å².